The van der Waals surface area contributed by atoms with Gasteiger partial charge in [0.05, 0.1) is 0 Å². The quantitative estimate of drug-likeness (QED) is 0.769. The molecular weight excluding hydrogens is 280 g/mol. The van der Waals surface area contributed by atoms with Crippen LogP contribution in [0.1, 0.15) is 18.3 Å². The van der Waals surface area contributed by atoms with Crippen LogP contribution in [-0.4, -0.2) is 29.3 Å². The number of aromatic nitrogens is 2. The Morgan fingerprint density at radius 1 is 1.32 bits per heavy atom. The van der Waals surface area contributed by atoms with E-state index >= 15 is 0 Å². The van der Waals surface area contributed by atoms with Gasteiger partial charge in [0.1, 0.15) is 0 Å². The van der Waals surface area contributed by atoms with Crippen LogP contribution >= 0.6 is 0 Å². The van der Waals surface area contributed by atoms with Crippen molar-refractivity contribution in [1.29, 1.82) is 0 Å². The lowest BCUT2D eigenvalue weighted by atomic mass is 10.1. The molecule has 22 heavy (non-hydrogen) atoms. The molecule has 1 aromatic carbocycles. The Balaban J connectivity index is 1.84. The number of amides is 2. The molecule has 2 aromatic rings. The molecule has 116 valence electrons. The summed E-state index contributed by atoms with van der Waals surface area (Å²) in [5.74, 6) is 1.24. The Hall–Kier alpha value is -2.63. The molecule has 0 unspecified atom stereocenters. The number of nitrogens with one attached hydrogen (secondary N) is 2. The molecule has 0 fully saturated rings. The molecular formula is C16H20N4O2. The Bertz CT molecular complexity index is 619. The number of nitrogens with zero attached hydrogens (tertiary/aromatic N) is 2. The fraction of sp³-hybridized carbons (Fsp3) is 0.312. The minimum atomic E-state index is -0.186. The number of aryl methyl sites for hydroxylation is 1. The summed E-state index contributed by atoms with van der Waals surface area (Å²) in [5.41, 5.74) is 2.02. The summed E-state index contributed by atoms with van der Waals surface area (Å²) in [5, 5.41) is 9.33. The van der Waals surface area contributed by atoms with Crippen molar-refractivity contribution in [2.24, 2.45) is 0 Å². The molecule has 0 aliphatic carbocycles. The van der Waals surface area contributed by atoms with Crippen molar-refractivity contribution in [2.75, 3.05) is 13.1 Å². The Kier molecular flexibility index (Phi) is 5.71. The van der Waals surface area contributed by atoms with Gasteiger partial charge in [-0.05, 0) is 24.1 Å². The van der Waals surface area contributed by atoms with Gasteiger partial charge in [-0.25, -0.2) is 4.79 Å². The average molecular weight is 300 g/mol. The van der Waals surface area contributed by atoms with Crippen LogP contribution in [0, 0.1) is 0 Å². The maximum Gasteiger partial charge on any atom is 0.315 e. The van der Waals surface area contributed by atoms with Crippen LogP contribution in [0.5, 0.6) is 0 Å². The third kappa shape index (κ3) is 4.44. The van der Waals surface area contributed by atoms with E-state index in [2.05, 4.69) is 27.4 Å². The molecule has 0 aliphatic rings. The Labute approximate surface area is 129 Å². The van der Waals surface area contributed by atoms with Crippen LogP contribution < -0.4 is 10.6 Å². The largest absolute Gasteiger partial charge is 0.338 e. The Morgan fingerprint density at radius 3 is 2.73 bits per heavy atom. The predicted octanol–water partition coefficient (Wildman–Crippen LogP) is 2.33. The van der Waals surface area contributed by atoms with Gasteiger partial charge in [0.2, 0.25) is 0 Å². The highest BCUT2D eigenvalue weighted by Crippen LogP contribution is 2.18. The third-order valence-electron chi connectivity index (χ3n) is 3.09. The van der Waals surface area contributed by atoms with Crippen LogP contribution in [0.15, 0.2) is 41.4 Å². The van der Waals surface area contributed by atoms with E-state index in [1.54, 1.807) is 6.08 Å². The van der Waals surface area contributed by atoms with Crippen LogP contribution in [0.2, 0.25) is 0 Å². The van der Waals surface area contributed by atoms with Crippen molar-refractivity contribution in [1.82, 2.24) is 20.8 Å². The monoisotopic (exact) mass is 300 g/mol. The van der Waals surface area contributed by atoms with E-state index < -0.39 is 0 Å². The number of urea groups is 1. The molecule has 1 heterocycles. The second kappa shape index (κ2) is 7.97. The normalized spacial score (nSPS) is 10.2. The van der Waals surface area contributed by atoms with E-state index in [0.717, 1.165) is 24.0 Å². The molecule has 1 aromatic heterocycles. The molecule has 0 radical (unpaired) electrons. The number of carbonyl (C=O) groups is 1. The van der Waals surface area contributed by atoms with Gasteiger partial charge in [-0.2, -0.15) is 4.98 Å². The summed E-state index contributed by atoms with van der Waals surface area (Å²) in [6, 6.07) is 7.69. The molecule has 0 spiro atoms. The first-order chi connectivity index (χ1) is 10.7. The van der Waals surface area contributed by atoms with Crippen molar-refractivity contribution in [3.63, 3.8) is 0 Å². The van der Waals surface area contributed by atoms with Gasteiger partial charge in [0, 0.05) is 25.1 Å². The van der Waals surface area contributed by atoms with Crippen LogP contribution in [0.3, 0.4) is 0 Å². The molecule has 0 atom stereocenters. The molecule has 0 saturated carbocycles. The van der Waals surface area contributed by atoms with Crippen molar-refractivity contribution in [2.45, 2.75) is 19.8 Å². The Morgan fingerprint density at radius 2 is 2.09 bits per heavy atom. The molecule has 2 rings (SSSR count). The van der Waals surface area contributed by atoms with E-state index in [4.69, 9.17) is 4.52 Å². The molecule has 0 bridgehead atoms. The lowest BCUT2D eigenvalue weighted by Gasteiger charge is -2.06. The van der Waals surface area contributed by atoms with E-state index in [1.807, 2.05) is 31.2 Å². The van der Waals surface area contributed by atoms with Gasteiger partial charge in [-0.3, -0.25) is 0 Å². The first kappa shape index (κ1) is 15.8. The zero-order valence-corrected chi connectivity index (χ0v) is 12.6. The lowest BCUT2D eigenvalue weighted by Crippen LogP contribution is -2.36. The van der Waals surface area contributed by atoms with Crippen molar-refractivity contribution in [3.05, 3.63) is 48.3 Å². The van der Waals surface area contributed by atoms with E-state index in [-0.39, 0.29) is 6.03 Å². The summed E-state index contributed by atoms with van der Waals surface area (Å²) < 4.78 is 5.20. The van der Waals surface area contributed by atoms with Gasteiger partial charge in [-0.15, -0.1) is 6.58 Å². The fourth-order valence-corrected chi connectivity index (χ4v) is 1.88. The molecule has 2 N–H and O–H groups in total. The summed E-state index contributed by atoms with van der Waals surface area (Å²) in [4.78, 5) is 15.7. The number of hydrogen-bond acceptors (Lipinski definition) is 4. The molecule has 0 aliphatic heterocycles. The molecule has 6 heteroatoms. The van der Waals surface area contributed by atoms with Gasteiger partial charge < -0.3 is 15.2 Å². The van der Waals surface area contributed by atoms with Gasteiger partial charge in [-0.1, -0.05) is 30.3 Å². The first-order valence-electron chi connectivity index (χ1n) is 7.27. The standard InChI is InChI=1S/C16H20N4O2/c1-3-10-17-16(21)18-11-9-12-5-7-13(8-6-12)15-19-14(4-2)20-22-15/h3,5-8H,1,4,9-11H2,2H3,(H2,17,18,21). The van der Waals surface area contributed by atoms with E-state index in [1.165, 1.54) is 0 Å². The van der Waals surface area contributed by atoms with E-state index in [9.17, 15) is 4.79 Å². The molecule has 2 amide bonds. The first-order valence-corrected chi connectivity index (χ1v) is 7.27. The topological polar surface area (TPSA) is 80.0 Å². The highest BCUT2D eigenvalue weighted by atomic mass is 16.5. The minimum absolute atomic E-state index is 0.186. The van der Waals surface area contributed by atoms with Crippen LogP contribution in [-0.2, 0) is 12.8 Å². The molecule has 6 nitrogen and oxygen atoms in total. The number of hydrogen-bond donors (Lipinski definition) is 2. The maximum atomic E-state index is 11.4. The third-order valence-corrected chi connectivity index (χ3v) is 3.09. The number of benzene rings is 1. The van der Waals surface area contributed by atoms with Crippen LogP contribution in [0.4, 0.5) is 4.79 Å². The van der Waals surface area contributed by atoms with Crippen LogP contribution in [0.25, 0.3) is 11.5 Å². The number of carbonyl (C=O) groups excluding carboxylic acids is 1. The number of rotatable bonds is 7. The maximum absolute atomic E-state index is 11.4. The van der Waals surface area contributed by atoms with Crippen molar-refractivity contribution < 1.29 is 9.32 Å². The second-order valence-electron chi connectivity index (χ2n) is 4.74. The average Bonchev–Trinajstić information content (AvgIpc) is 3.02. The van der Waals surface area contributed by atoms with Crippen molar-refractivity contribution in [3.8, 4) is 11.5 Å². The smallest absolute Gasteiger partial charge is 0.315 e. The van der Waals surface area contributed by atoms with Gasteiger partial charge in [0.15, 0.2) is 5.82 Å². The minimum Gasteiger partial charge on any atom is -0.338 e. The summed E-state index contributed by atoms with van der Waals surface area (Å²) in [6.45, 7) is 6.56. The van der Waals surface area contributed by atoms with Gasteiger partial charge >= 0.3 is 6.03 Å². The SMILES string of the molecule is C=CCNC(=O)NCCc1ccc(-c2nc(CC)no2)cc1. The summed E-state index contributed by atoms with van der Waals surface area (Å²) in [6.07, 6.45) is 3.15. The fourth-order valence-electron chi connectivity index (χ4n) is 1.88. The molecule has 0 saturated heterocycles. The zero-order valence-electron chi connectivity index (χ0n) is 12.6. The summed E-state index contributed by atoms with van der Waals surface area (Å²) >= 11 is 0. The zero-order chi connectivity index (χ0) is 15.8. The predicted molar refractivity (Wildman–Crippen MR) is 84.4 cm³/mol. The highest BCUT2D eigenvalue weighted by molar-refractivity contribution is 5.73. The summed E-state index contributed by atoms with van der Waals surface area (Å²) in [7, 11) is 0. The second-order valence-corrected chi connectivity index (χ2v) is 4.74. The van der Waals surface area contributed by atoms with Crippen molar-refractivity contribution >= 4 is 6.03 Å². The lowest BCUT2D eigenvalue weighted by molar-refractivity contribution is 0.242. The van der Waals surface area contributed by atoms with Gasteiger partial charge in [0.25, 0.3) is 5.89 Å². The van der Waals surface area contributed by atoms with E-state index in [0.29, 0.717) is 24.8 Å². The highest BCUT2D eigenvalue weighted by Gasteiger charge is 2.07.